The number of fused-ring (bicyclic) bond motifs is 1. The maximum atomic E-state index is 6.02. The standard InChI is InChI=1S/C14H14ClN3O/c15-9-3-1-8(2-4-9)12-17-18-13(19-12)14-6-5-10(14)11(16)7-14/h1-4,10-11H,5-7,16H2. The molecule has 2 fully saturated rings. The highest BCUT2D eigenvalue weighted by Crippen LogP contribution is 2.61. The molecule has 1 heterocycles. The van der Waals surface area contributed by atoms with Crippen molar-refractivity contribution in [3.63, 3.8) is 0 Å². The SMILES string of the molecule is NC1CC2(c3nnc(-c4ccc(Cl)cc4)o3)CCC12. The summed E-state index contributed by atoms with van der Waals surface area (Å²) in [4.78, 5) is 0. The van der Waals surface area contributed by atoms with Gasteiger partial charge in [0.15, 0.2) is 0 Å². The Kier molecular flexibility index (Phi) is 2.29. The van der Waals surface area contributed by atoms with Crippen LogP contribution in [0.3, 0.4) is 0 Å². The molecule has 2 N–H and O–H groups in total. The van der Waals surface area contributed by atoms with Gasteiger partial charge in [-0.1, -0.05) is 11.6 Å². The van der Waals surface area contributed by atoms with Crippen molar-refractivity contribution in [3.8, 4) is 11.5 Å². The molecule has 1 aromatic carbocycles. The first-order valence-electron chi connectivity index (χ1n) is 6.54. The van der Waals surface area contributed by atoms with E-state index in [4.69, 9.17) is 21.8 Å². The summed E-state index contributed by atoms with van der Waals surface area (Å²) in [7, 11) is 0. The van der Waals surface area contributed by atoms with E-state index in [1.807, 2.05) is 24.3 Å². The van der Waals surface area contributed by atoms with Gasteiger partial charge in [0, 0.05) is 16.6 Å². The van der Waals surface area contributed by atoms with Crippen molar-refractivity contribution in [2.75, 3.05) is 0 Å². The Bertz CT molecular complexity index is 624. The van der Waals surface area contributed by atoms with E-state index < -0.39 is 0 Å². The first-order valence-corrected chi connectivity index (χ1v) is 6.92. The van der Waals surface area contributed by atoms with E-state index in [1.54, 1.807) is 0 Å². The predicted octanol–water partition coefficient (Wildman–Crippen LogP) is 2.77. The van der Waals surface area contributed by atoms with Crippen molar-refractivity contribution < 1.29 is 4.42 Å². The lowest BCUT2D eigenvalue weighted by Crippen LogP contribution is -2.65. The summed E-state index contributed by atoms with van der Waals surface area (Å²) in [5, 5.41) is 9.10. The van der Waals surface area contributed by atoms with Crippen molar-refractivity contribution in [1.29, 1.82) is 0 Å². The molecule has 3 atom stereocenters. The summed E-state index contributed by atoms with van der Waals surface area (Å²) in [6.45, 7) is 0. The Balaban J connectivity index is 1.65. The molecule has 4 nitrogen and oxygen atoms in total. The van der Waals surface area contributed by atoms with Gasteiger partial charge < -0.3 is 10.2 Å². The third-order valence-corrected chi connectivity index (χ3v) is 4.92. The van der Waals surface area contributed by atoms with Crippen LogP contribution in [0.4, 0.5) is 0 Å². The average Bonchev–Trinajstić information content (AvgIpc) is 2.85. The topological polar surface area (TPSA) is 64.9 Å². The molecule has 0 radical (unpaired) electrons. The van der Waals surface area contributed by atoms with Crippen LogP contribution in [0.5, 0.6) is 0 Å². The molecular formula is C14H14ClN3O. The van der Waals surface area contributed by atoms with Gasteiger partial charge in [-0.05, 0) is 49.4 Å². The molecule has 1 aromatic heterocycles. The lowest BCUT2D eigenvalue weighted by Gasteiger charge is -2.59. The molecule has 98 valence electrons. The second-order valence-corrected chi connectivity index (χ2v) is 6.02. The Hall–Kier alpha value is -1.39. The number of hydrogen-bond donors (Lipinski definition) is 1. The zero-order chi connectivity index (χ0) is 13.0. The van der Waals surface area contributed by atoms with Gasteiger partial charge in [-0.3, -0.25) is 0 Å². The van der Waals surface area contributed by atoms with E-state index in [0.717, 1.165) is 24.3 Å². The third kappa shape index (κ3) is 1.50. The monoisotopic (exact) mass is 275 g/mol. The minimum absolute atomic E-state index is 0.0804. The lowest BCUT2D eigenvalue weighted by atomic mass is 9.45. The second-order valence-electron chi connectivity index (χ2n) is 5.59. The first kappa shape index (κ1) is 11.4. The van der Waals surface area contributed by atoms with Crippen molar-refractivity contribution >= 4 is 11.6 Å². The van der Waals surface area contributed by atoms with Crippen molar-refractivity contribution in [2.24, 2.45) is 11.7 Å². The minimum atomic E-state index is 0.0804. The van der Waals surface area contributed by atoms with Crippen LogP contribution < -0.4 is 5.73 Å². The molecular weight excluding hydrogens is 262 g/mol. The van der Waals surface area contributed by atoms with E-state index in [0.29, 0.717) is 22.9 Å². The molecule has 0 amide bonds. The number of halogens is 1. The molecule has 4 rings (SSSR count). The van der Waals surface area contributed by atoms with E-state index in [1.165, 1.54) is 6.42 Å². The fraction of sp³-hybridized carbons (Fsp3) is 0.429. The molecule has 3 unspecified atom stereocenters. The zero-order valence-electron chi connectivity index (χ0n) is 10.3. The zero-order valence-corrected chi connectivity index (χ0v) is 11.1. The molecule has 2 aromatic rings. The Morgan fingerprint density at radius 2 is 2.05 bits per heavy atom. The van der Waals surface area contributed by atoms with Gasteiger partial charge >= 0.3 is 0 Å². The highest BCUT2D eigenvalue weighted by atomic mass is 35.5. The van der Waals surface area contributed by atoms with Gasteiger partial charge in [-0.2, -0.15) is 0 Å². The van der Waals surface area contributed by atoms with E-state index in [2.05, 4.69) is 10.2 Å². The molecule has 0 saturated heterocycles. The summed E-state index contributed by atoms with van der Waals surface area (Å²) in [5.41, 5.74) is 7.00. The molecule has 0 bridgehead atoms. The summed E-state index contributed by atoms with van der Waals surface area (Å²) in [6, 6.07) is 7.73. The van der Waals surface area contributed by atoms with Crippen molar-refractivity contribution in [1.82, 2.24) is 10.2 Å². The third-order valence-electron chi connectivity index (χ3n) is 4.67. The van der Waals surface area contributed by atoms with Gasteiger partial charge in [0.1, 0.15) is 0 Å². The highest BCUT2D eigenvalue weighted by Gasteiger charge is 2.62. The molecule has 19 heavy (non-hydrogen) atoms. The Labute approximate surface area is 116 Å². The van der Waals surface area contributed by atoms with Crippen LogP contribution in [0.25, 0.3) is 11.5 Å². The van der Waals surface area contributed by atoms with Crippen LogP contribution >= 0.6 is 11.6 Å². The average molecular weight is 276 g/mol. The smallest absolute Gasteiger partial charge is 0.247 e. The van der Waals surface area contributed by atoms with Crippen molar-refractivity contribution in [2.45, 2.75) is 30.7 Å². The van der Waals surface area contributed by atoms with Gasteiger partial charge in [0.25, 0.3) is 0 Å². The fourth-order valence-electron chi connectivity index (χ4n) is 3.43. The van der Waals surface area contributed by atoms with Crippen LogP contribution in [0.15, 0.2) is 28.7 Å². The minimum Gasteiger partial charge on any atom is -0.420 e. The summed E-state index contributed by atoms with van der Waals surface area (Å²) in [5.74, 6) is 1.86. The summed E-state index contributed by atoms with van der Waals surface area (Å²) < 4.78 is 5.87. The van der Waals surface area contributed by atoms with Crippen LogP contribution in [-0.4, -0.2) is 16.2 Å². The largest absolute Gasteiger partial charge is 0.420 e. The number of nitrogens with zero attached hydrogens (tertiary/aromatic N) is 2. The number of benzene rings is 1. The van der Waals surface area contributed by atoms with Gasteiger partial charge in [-0.15, -0.1) is 10.2 Å². The van der Waals surface area contributed by atoms with Crippen LogP contribution in [-0.2, 0) is 5.41 Å². The van der Waals surface area contributed by atoms with E-state index >= 15 is 0 Å². The summed E-state index contributed by atoms with van der Waals surface area (Å²) in [6.07, 6.45) is 3.27. The highest BCUT2D eigenvalue weighted by molar-refractivity contribution is 6.30. The molecule has 2 aliphatic carbocycles. The number of nitrogens with two attached hydrogens (primary N) is 1. The van der Waals surface area contributed by atoms with E-state index in [-0.39, 0.29) is 5.41 Å². The number of rotatable bonds is 2. The van der Waals surface area contributed by atoms with Crippen LogP contribution in [0.2, 0.25) is 5.02 Å². The molecule has 2 saturated carbocycles. The Morgan fingerprint density at radius 3 is 2.63 bits per heavy atom. The van der Waals surface area contributed by atoms with Gasteiger partial charge in [0.2, 0.25) is 11.8 Å². The molecule has 0 aliphatic heterocycles. The number of aromatic nitrogens is 2. The Morgan fingerprint density at radius 1 is 1.26 bits per heavy atom. The van der Waals surface area contributed by atoms with Crippen molar-refractivity contribution in [3.05, 3.63) is 35.2 Å². The van der Waals surface area contributed by atoms with Crippen LogP contribution in [0, 0.1) is 5.92 Å². The number of hydrogen-bond acceptors (Lipinski definition) is 4. The van der Waals surface area contributed by atoms with E-state index in [9.17, 15) is 0 Å². The maximum absolute atomic E-state index is 6.02. The normalized spacial score (nSPS) is 32.3. The predicted molar refractivity (Wildman–Crippen MR) is 71.7 cm³/mol. The molecule has 2 aliphatic rings. The summed E-state index contributed by atoms with van der Waals surface area (Å²) >= 11 is 5.87. The lowest BCUT2D eigenvalue weighted by molar-refractivity contribution is -0.0390. The van der Waals surface area contributed by atoms with Gasteiger partial charge in [0.05, 0.1) is 5.41 Å². The fourth-order valence-corrected chi connectivity index (χ4v) is 3.55. The maximum Gasteiger partial charge on any atom is 0.247 e. The molecule has 5 heteroatoms. The quantitative estimate of drug-likeness (QED) is 0.915. The first-order chi connectivity index (χ1) is 9.19. The van der Waals surface area contributed by atoms with Gasteiger partial charge in [-0.25, -0.2) is 0 Å². The van der Waals surface area contributed by atoms with Crippen LogP contribution in [0.1, 0.15) is 25.2 Å². The molecule has 0 spiro atoms. The second kappa shape index (κ2) is 3.81.